The third-order valence-electron chi connectivity index (χ3n) is 5.06. The molecule has 0 aromatic heterocycles. The van der Waals surface area contributed by atoms with E-state index < -0.39 is 35.5 Å². The Labute approximate surface area is 157 Å². The number of esters is 3. The highest BCUT2D eigenvalue weighted by Crippen LogP contribution is 2.46. The van der Waals surface area contributed by atoms with Crippen molar-refractivity contribution in [3.63, 3.8) is 0 Å². The molecule has 1 saturated heterocycles. The Kier molecular flexibility index (Phi) is 7.32. The Balaban J connectivity index is 2.22. The van der Waals surface area contributed by atoms with E-state index in [0.717, 1.165) is 14.2 Å². The van der Waals surface area contributed by atoms with Gasteiger partial charge in [0.15, 0.2) is 11.7 Å². The van der Waals surface area contributed by atoms with Gasteiger partial charge in [0, 0.05) is 31.1 Å². The molecule has 0 N–H and O–H groups in total. The molecule has 1 aliphatic carbocycles. The van der Waals surface area contributed by atoms with E-state index in [9.17, 15) is 19.2 Å². The van der Waals surface area contributed by atoms with Gasteiger partial charge < -0.3 is 23.7 Å². The fraction of sp³-hybridized carbons (Fsp3) is 0.778. The van der Waals surface area contributed by atoms with Crippen molar-refractivity contribution >= 4 is 23.7 Å². The third-order valence-corrected chi connectivity index (χ3v) is 5.06. The van der Waals surface area contributed by atoms with Crippen molar-refractivity contribution in [2.24, 2.45) is 17.8 Å². The Morgan fingerprint density at radius 2 is 1.74 bits per heavy atom. The zero-order chi connectivity index (χ0) is 20.0. The predicted molar refractivity (Wildman–Crippen MR) is 89.2 cm³/mol. The summed E-state index contributed by atoms with van der Waals surface area (Å²) in [7, 11) is 2.32. The summed E-state index contributed by atoms with van der Waals surface area (Å²) in [6.45, 7) is 2.55. The fourth-order valence-corrected chi connectivity index (χ4v) is 3.79. The second-order valence-corrected chi connectivity index (χ2v) is 6.55. The molecule has 2 fully saturated rings. The first kappa shape index (κ1) is 21.3. The maximum atomic E-state index is 12.7. The lowest BCUT2D eigenvalue weighted by molar-refractivity contribution is -0.234. The molecule has 1 heterocycles. The molecule has 0 aromatic rings. The molecular formula is C18H26O9. The average Bonchev–Trinajstić information content (AvgIpc) is 3.12. The number of methoxy groups -OCH3 is 2. The second kappa shape index (κ2) is 9.27. The van der Waals surface area contributed by atoms with Crippen molar-refractivity contribution in [1.82, 2.24) is 0 Å². The van der Waals surface area contributed by atoms with E-state index in [1.54, 1.807) is 6.92 Å². The molecular weight excluding hydrogens is 360 g/mol. The number of ketones is 1. The van der Waals surface area contributed by atoms with E-state index in [2.05, 4.69) is 0 Å². The highest BCUT2D eigenvalue weighted by atomic mass is 16.7. The highest BCUT2D eigenvalue weighted by molar-refractivity contribution is 5.96. The minimum absolute atomic E-state index is 0.0996. The predicted octanol–water partition coefficient (Wildman–Crippen LogP) is 0.630. The number of hydrogen-bond donors (Lipinski definition) is 0. The first-order chi connectivity index (χ1) is 12.9. The summed E-state index contributed by atoms with van der Waals surface area (Å²) in [4.78, 5) is 48.7. The first-order valence-corrected chi connectivity index (χ1v) is 9.00. The minimum atomic E-state index is -1.33. The van der Waals surface area contributed by atoms with Crippen LogP contribution in [0.1, 0.15) is 32.6 Å². The number of hydrogen-bond acceptors (Lipinski definition) is 9. The van der Waals surface area contributed by atoms with Gasteiger partial charge in [0.2, 0.25) is 0 Å². The van der Waals surface area contributed by atoms with E-state index in [1.165, 1.54) is 0 Å². The zero-order valence-corrected chi connectivity index (χ0v) is 15.9. The summed E-state index contributed by atoms with van der Waals surface area (Å²) in [5.74, 6) is -6.07. The molecule has 152 valence electrons. The molecule has 27 heavy (non-hydrogen) atoms. The van der Waals surface area contributed by atoms with Crippen molar-refractivity contribution in [2.75, 3.05) is 34.0 Å². The number of ether oxygens (including phenoxy) is 5. The van der Waals surface area contributed by atoms with Crippen LogP contribution in [0.2, 0.25) is 0 Å². The maximum Gasteiger partial charge on any atom is 0.320 e. The van der Waals surface area contributed by atoms with Crippen LogP contribution >= 0.6 is 0 Å². The molecule has 2 rings (SSSR count). The first-order valence-electron chi connectivity index (χ1n) is 9.00. The van der Waals surface area contributed by atoms with E-state index in [1.807, 2.05) is 0 Å². The van der Waals surface area contributed by atoms with Crippen LogP contribution in [0.4, 0.5) is 0 Å². The van der Waals surface area contributed by atoms with Crippen LogP contribution in [0.25, 0.3) is 0 Å². The van der Waals surface area contributed by atoms with Crippen LogP contribution in [-0.4, -0.2) is 63.5 Å². The van der Waals surface area contributed by atoms with Gasteiger partial charge >= 0.3 is 17.9 Å². The van der Waals surface area contributed by atoms with Gasteiger partial charge in [0.05, 0.1) is 34.0 Å². The average molecular weight is 386 g/mol. The summed E-state index contributed by atoms with van der Waals surface area (Å²) in [6, 6.07) is 0. The third kappa shape index (κ3) is 4.65. The Bertz CT molecular complexity index is 563. The van der Waals surface area contributed by atoms with Gasteiger partial charge in [-0.1, -0.05) is 0 Å². The highest BCUT2D eigenvalue weighted by Gasteiger charge is 2.58. The smallest absolute Gasteiger partial charge is 0.320 e. The maximum absolute atomic E-state index is 12.7. The van der Waals surface area contributed by atoms with E-state index in [0.29, 0.717) is 6.42 Å². The lowest BCUT2D eigenvalue weighted by Crippen LogP contribution is -2.54. The Morgan fingerprint density at radius 1 is 1.15 bits per heavy atom. The van der Waals surface area contributed by atoms with E-state index >= 15 is 0 Å². The summed E-state index contributed by atoms with van der Waals surface area (Å²) in [5.41, 5.74) is 0. The molecule has 0 radical (unpaired) electrons. The van der Waals surface area contributed by atoms with Crippen LogP contribution in [0.5, 0.6) is 0 Å². The summed E-state index contributed by atoms with van der Waals surface area (Å²) in [5, 5.41) is 0. The molecule has 0 amide bonds. The van der Waals surface area contributed by atoms with Crippen LogP contribution < -0.4 is 0 Å². The molecule has 0 aromatic carbocycles. The summed E-state index contributed by atoms with van der Waals surface area (Å²) in [6.07, 6.45) is 0.436. The quantitative estimate of drug-likeness (QED) is 0.353. The van der Waals surface area contributed by atoms with Crippen LogP contribution in [0.15, 0.2) is 0 Å². The van der Waals surface area contributed by atoms with Gasteiger partial charge in [0.25, 0.3) is 0 Å². The molecule has 0 unspecified atom stereocenters. The van der Waals surface area contributed by atoms with Crippen LogP contribution in [0.3, 0.4) is 0 Å². The largest absolute Gasteiger partial charge is 0.468 e. The van der Waals surface area contributed by atoms with Gasteiger partial charge in [0.1, 0.15) is 5.78 Å². The Morgan fingerprint density at radius 3 is 2.26 bits per heavy atom. The zero-order valence-electron chi connectivity index (χ0n) is 15.9. The lowest BCUT2D eigenvalue weighted by atomic mass is 9.69. The van der Waals surface area contributed by atoms with Gasteiger partial charge in [-0.3, -0.25) is 19.2 Å². The van der Waals surface area contributed by atoms with Gasteiger partial charge in [-0.05, 0) is 13.3 Å². The standard InChI is InChI=1S/C18H26O9/c1-4-25-14(20)6-5-11-10-18(26-7-8-27-18)12(9-13(11)19)15(16(21)23-2)17(22)24-3/h11-12,15H,4-10H2,1-3H3/t11-,12-/m1/s1. The van der Waals surface area contributed by atoms with Crippen molar-refractivity contribution < 1.29 is 42.9 Å². The van der Waals surface area contributed by atoms with E-state index in [-0.39, 0.29) is 50.8 Å². The monoisotopic (exact) mass is 386 g/mol. The summed E-state index contributed by atoms with van der Waals surface area (Å²) >= 11 is 0. The van der Waals surface area contributed by atoms with Crippen LogP contribution in [0, 0.1) is 17.8 Å². The second-order valence-electron chi connectivity index (χ2n) is 6.55. The molecule has 1 spiro atoms. The molecule has 2 atom stereocenters. The fourth-order valence-electron chi connectivity index (χ4n) is 3.79. The van der Waals surface area contributed by atoms with Gasteiger partial charge in [-0.25, -0.2) is 0 Å². The van der Waals surface area contributed by atoms with Crippen molar-refractivity contribution in [3.05, 3.63) is 0 Å². The molecule has 2 aliphatic rings. The number of carbonyl (C=O) groups is 4. The topological polar surface area (TPSA) is 114 Å². The number of carbonyl (C=O) groups excluding carboxylic acids is 4. The van der Waals surface area contributed by atoms with Crippen LogP contribution in [-0.2, 0) is 42.9 Å². The molecule has 1 aliphatic heterocycles. The molecule has 0 bridgehead atoms. The van der Waals surface area contributed by atoms with Crippen molar-refractivity contribution in [1.29, 1.82) is 0 Å². The van der Waals surface area contributed by atoms with Crippen molar-refractivity contribution in [2.45, 2.75) is 38.4 Å². The van der Waals surface area contributed by atoms with Gasteiger partial charge in [-0.2, -0.15) is 0 Å². The molecule has 9 heteroatoms. The van der Waals surface area contributed by atoms with Gasteiger partial charge in [-0.15, -0.1) is 0 Å². The molecule has 9 nitrogen and oxygen atoms in total. The number of Topliss-reactive ketones (excluding diaryl/α,β-unsaturated/α-hetero) is 1. The normalized spacial score (nSPS) is 24.1. The SMILES string of the molecule is CCOC(=O)CC[C@@H]1CC2(OCCO2)[C@@H](C(C(=O)OC)C(=O)OC)CC1=O. The minimum Gasteiger partial charge on any atom is -0.468 e. The summed E-state index contributed by atoms with van der Waals surface area (Å²) < 4.78 is 26.0. The van der Waals surface area contributed by atoms with Crippen molar-refractivity contribution in [3.8, 4) is 0 Å². The van der Waals surface area contributed by atoms with E-state index in [4.69, 9.17) is 23.7 Å². The Hall–Kier alpha value is -2.00. The molecule has 1 saturated carbocycles. The lowest BCUT2D eigenvalue weighted by Gasteiger charge is -2.43. The number of rotatable bonds is 7.